The Bertz CT molecular complexity index is 1050. The number of fused-ring (bicyclic) bond motifs is 1. The molecule has 6 nitrogen and oxygen atoms in total. The van der Waals surface area contributed by atoms with Gasteiger partial charge in [-0.15, -0.1) is 0 Å². The Kier molecular flexibility index (Phi) is 5.71. The Hall–Kier alpha value is -2.93. The van der Waals surface area contributed by atoms with Crippen LogP contribution >= 0.6 is 11.3 Å². The van der Waals surface area contributed by atoms with Crippen LogP contribution in [-0.4, -0.2) is 30.7 Å². The molecule has 0 aliphatic heterocycles. The molecule has 0 saturated carbocycles. The molecule has 1 unspecified atom stereocenters. The predicted molar refractivity (Wildman–Crippen MR) is 104 cm³/mol. The highest BCUT2D eigenvalue weighted by Crippen LogP contribution is 2.23. The molecule has 0 spiro atoms. The summed E-state index contributed by atoms with van der Waals surface area (Å²) in [5.74, 6) is -0.175. The molecule has 0 saturated heterocycles. The number of aromatic nitrogens is 1. The molecule has 7 heteroatoms. The van der Waals surface area contributed by atoms with E-state index in [1.165, 1.54) is 18.4 Å². The molecule has 1 atom stereocenters. The van der Waals surface area contributed by atoms with E-state index in [0.29, 0.717) is 22.5 Å². The van der Waals surface area contributed by atoms with Crippen LogP contribution in [0, 0.1) is 0 Å². The van der Waals surface area contributed by atoms with Crippen molar-refractivity contribution in [3.05, 3.63) is 58.9 Å². The average Bonchev–Trinajstić information content (AvgIpc) is 3.06. The molecule has 1 aromatic heterocycles. The van der Waals surface area contributed by atoms with Crippen LogP contribution in [0.25, 0.3) is 10.2 Å². The number of hydrogen-bond donors (Lipinski definition) is 0. The van der Waals surface area contributed by atoms with Gasteiger partial charge >= 0.3 is 5.97 Å². The van der Waals surface area contributed by atoms with E-state index in [2.05, 4.69) is 4.99 Å². The fourth-order valence-electron chi connectivity index (χ4n) is 2.87. The van der Waals surface area contributed by atoms with Crippen molar-refractivity contribution in [1.29, 1.82) is 0 Å². The van der Waals surface area contributed by atoms with E-state index in [-0.39, 0.29) is 5.97 Å². The molecule has 27 heavy (non-hydrogen) atoms. The van der Waals surface area contributed by atoms with Gasteiger partial charge in [0.2, 0.25) is 0 Å². The third kappa shape index (κ3) is 3.78. The predicted octanol–water partition coefficient (Wildman–Crippen LogP) is 3.58. The Morgan fingerprint density at radius 2 is 1.93 bits per heavy atom. The van der Waals surface area contributed by atoms with E-state index >= 15 is 0 Å². The minimum atomic E-state index is -0.553. The van der Waals surface area contributed by atoms with E-state index in [1.807, 2.05) is 31.2 Å². The maximum atomic E-state index is 12.7. The summed E-state index contributed by atoms with van der Waals surface area (Å²) in [6.45, 7) is 1.90. The maximum Gasteiger partial charge on any atom is 0.328 e. The lowest BCUT2D eigenvalue weighted by Gasteiger charge is -2.15. The van der Waals surface area contributed by atoms with Gasteiger partial charge in [0.25, 0.3) is 5.91 Å². The molecule has 0 radical (unpaired) electrons. The highest BCUT2D eigenvalue weighted by atomic mass is 32.1. The summed E-state index contributed by atoms with van der Waals surface area (Å²) in [7, 11) is 2.90. The second-order valence-corrected chi connectivity index (χ2v) is 6.83. The van der Waals surface area contributed by atoms with E-state index in [4.69, 9.17) is 9.47 Å². The van der Waals surface area contributed by atoms with Gasteiger partial charge in [-0.1, -0.05) is 36.5 Å². The summed E-state index contributed by atoms with van der Waals surface area (Å²) >= 11 is 1.36. The van der Waals surface area contributed by atoms with Crippen LogP contribution in [0.5, 0.6) is 5.75 Å². The molecule has 3 rings (SSSR count). The van der Waals surface area contributed by atoms with Gasteiger partial charge in [0.15, 0.2) is 4.80 Å². The lowest BCUT2D eigenvalue weighted by Crippen LogP contribution is -2.28. The van der Waals surface area contributed by atoms with Gasteiger partial charge in [-0.2, -0.15) is 4.99 Å². The summed E-state index contributed by atoms with van der Waals surface area (Å²) < 4.78 is 12.8. The highest BCUT2D eigenvalue weighted by Gasteiger charge is 2.23. The van der Waals surface area contributed by atoms with Crippen molar-refractivity contribution < 1.29 is 19.1 Å². The molecule has 0 bridgehead atoms. The van der Waals surface area contributed by atoms with Crippen LogP contribution in [0.4, 0.5) is 0 Å². The van der Waals surface area contributed by atoms with Crippen molar-refractivity contribution in [1.82, 2.24) is 4.57 Å². The van der Waals surface area contributed by atoms with Crippen molar-refractivity contribution in [2.75, 3.05) is 14.2 Å². The third-order valence-corrected chi connectivity index (χ3v) is 5.25. The maximum absolute atomic E-state index is 12.7. The quantitative estimate of drug-likeness (QED) is 0.631. The molecule has 0 aliphatic carbocycles. The van der Waals surface area contributed by atoms with Gasteiger partial charge in [-0.05, 0) is 36.8 Å². The van der Waals surface area contributed by atoms with Gasteiger partial charge in [-0.3, -0.25) is 4.79 Å². The summed E-state index contributed by atoms with van der Waals surface area (Å²) in [5.41, 5.74) is 1.27. The number of amides is 1. The van der Waals surface area contributed by atoms with Crippen molar-refractivity contribution in [2.45, 2.75) is 19.4 Å². The molecule has 1 heterocycles. The summed E-state index contributed by atoms with van der Waals surface area (Å²) in [5, 5.41) is 0. The molecule has 0 fully saturated rings. The number of thiazole rings is 1. The molecule has 140 valence electrons. The number of esters is 1. The second kappa shape index (κ2) is 8.18. The topological polar surface area (TPSA) is 69.9 Å². The second-order valence-electron chi connectivity index (χ2n) is 5.82. The fourth-order valence-corrected chi connectivity index (χ4v) is 3.94. The van der Waals surface area contributed by atoms with Gasteiger partial charge in [0, 0.05) is 5.56 Å². The Morgan fingerprint density at radius 3 is 2.63 bits per heavy atom. The van der Waals surface area contributed by atoms with Crippen molar-refractivity contribution in [3.8, 4) is 5.75 Å². The van der Waals surface area contributed by atoms with Gasteiger partial charge < -0.3 is 14.0 Å². The SMILES string of the molecule is CCC(C(=O)OC)n1c(=NC(=O)c2cccc(OC)c2)sc2ccccc21. The van der Waals surface area contributed by atoms with Crippen LogP contribution < -0.4 is 9.54 Å². The van der Waals surface area contributed by atoms with Gasteiger partial charge in [-0.25, -0.2) is 4.79 Å². The molecule has 2 aromatic carbocycles. The smallest absolute Gasteiger partial charge is 0.328 e. The molecular weight excluding hydrogens is 364 g/mol. The minimum Gasteiger partial charge on any atom is -0.497 e. The molecule has 1 amide bonds. The highest BCUT2D eigenvalue weighted by molar-refractivity contribution is 7.16. The Balaban J connectivity index is 2.18. The molecule has 0 aliphatic rings. The van der Waals surface area contributed by atoms with Crippen LogP contribution in [0.15, 0.2) is 53.5 Å². The summed E-state index contributed by atoms with van der Waals surface area (Å²) in [6.07, 6.45) is 0.522. The third-order valence-electron chi connectivity index (χ3n) is 4.22. The van der Waals surface area contributed by atoms with Crippen LogP contribution in [0.3, 0.4) is 0 Å². The number of carbonyl (C=O) groups is 2. The first kappa shape index (κ1) is 18.8. The van der Waals surface area contributed by atoms with Crippen LogP contribution in [-0.2, 0) is 9.53 Å². The monoisotopic (exact) mass is 384 g/mol. The molecule has 0 N–H and O–H groups in total. The van der Waals surface area contributed by atoms with Crippen LogP contribution in [0.2, 0.25) is 0 Å². The zero-order valence-corrected chi connectivity index (χ0v) is 16.2. The van der Waals surface area contributed by atoms with Crippen molar-refractivity contribution in [2.24, 2.45) is 4.99 Å². The number of methoxy groups -OCH3 is 2. The van der Waals surface area contributed by atoms with E-state index in [9.17, 15) is 9.59 Å². The van der Waals surface area contributed by atoms with E-state index in [1.54, 1.807) is 35.9 Å². The normalized spacial score (nSPS) is 12.8. The molecular formula is C20H20N2O4S. The summed E-state index contributed by atoms with van der Waals surface area (Å²) in [6, 6.07) is 13.9. The number of para-hydroxylation sites is 1. The van der Waals surface area contributed by atoms with Crippen LogP contribution in [0.1, 0.15) is 29.7 Å². The van der Waals surface area contributed by atoms with Crippen molar-refractivity contribution >= 4 is 33.4 Å². The van der Waals surface area contributed by atoms with E-state index in [0.717, 1.165) is 10.2 Å². The number of carbonyl (C=O) groups excluding carboxylic acids is 2. The standard InChI is InChI=1S/C20H20N2O4S/c1-4-15(19(24)26-3)22-16-10-5-6-11-17(16)27-20(22)21-18(23)13-8-7-9-14(12-13)25-2/h5-12,15H,4H2,1-3H3. The fraction of sp³-hybridized carbons (Fsp3) is 0.250. The van der Waals surface area contributed by atoms with E-state index < -0.39 is 11.9 Å². The minimum absolute atomic E-state index is 0.365. The number of nitrogens with zero attached hydrogens (tertiary/aromatic N) is 2. The largest absolute Gasteiger partial charge is 0.497 e. The Labute approximate surface area is 160 Å². The first-order valence-electron chi connectivity index (χ1n) is 8.50. The number of hydrogen-bond acceptors (Lipinski definition) is 5. The summed E-state index contributed by atoms with van der Waals surface area (Å²) in [4.78, 5) is 29.8. The lowest BCUT2D eigenvalue weighted by atomic mass is 10.2. The number of rotatable bonds is 5. The first-order chi connectivity index (χ1) is 13.1. The lowest BCUT2D eigenvalue weighted by molar-refractivity contribution is -0.144. The first-order valence-corrected chi connectivity index (χ1v) is 9.31. The number of benzene rings is 2. The van der Waals surface area contributed by atoms with Gasteiger partial charge in [0.1, 0.15) is 11.8 Å². The number of ether oxygens (including phenoxy) is 2. The van der Waals surface area contributed by atoms with Crippen molar-refractivity contribution in [3.63, 3.8) is 0 Å². The Morgan fingerprint density at radius 1 is 1.15 bits per heavy atom. The average molecular weight is 384 g/mol. The zero-order chi connectivity index (χ0) is 19.4. The molecule has 3 aromatic rings. The zero-order valence-electron chi connectivity index (χ0n) is 15.3. The van der Waals surface area contributed by atoms with Gasteiger partial charge in [0.05, 0.1) is 24.4 Å².